The van der Waals surface area contributed by atoms with Gasteiger partial charge in [-0.15, -0.1) is 6.58 Å². The molecule has 0 N–H and O–H groups in total. The van der Waals surface area contributed by atoms with Crippen molar-refractivity contribution in [3.8, 4) is 0 Å². The van der Waals surface area contributed by atoms with Crippen molar-refractivity contribution in [2.45, 2.75) is 18.9 Å². The fraction of sp³-hybridized carbons (Fsp3) is 0.778. The van der Waals surface area contributed by atoms with E-state index < -0.39 is 0 Å². The van der Waals surface area contributed by atoms with Gasteiger partial charge < -0.3 is 4.74 Å². The van der Waals surface area contributed by atoms with Gasteiger partial charge in [0.1, 0.15) is 0 Å². The minimum atomic E-state index is 0.448. The van der Waals surface area contributed by atoms with Crippen LogP contribution in [-0.2, 0) is 4.74 Å². The highest BCUT2D eigenvalue weighted by Gasteiger charge is 2.17. The van der Waals surface area contributed by atoms with E-state index >= 15 is 0 Å². The molecule has 1 heterocycles. The van der Waals surface area contributed by atoms with Crippen LogP contribution >= 0.6 is 0 Å². The number of hydrogen-bond donors (Lipinski definition) is 0. The molecule has 1 aliphatic heterocycles. The summed E-state index contributed by atoms with van der Waals surface area (Å²) in [5.74, 6) is 0. The Morgan fingerprint density at radius 3 is 3.18 bits per heavy atom. The van der Waals surface area contributed by atoms with E-state index in [1.165, 1.54) is 19.4 Å². The molecule has 2 nitrogen and oxygen atoms in total. The van der Waals surface area contributed by atoms with Crippen LogP contribution in [0.1, 0.15) is 12.8 Å². The van der Waals surface area contributed by atoms with E-state index in [0.717, 1.165) is 13.1 Å². The summed E-state index contributed by atoms with van der Waals surface area (Å²) in [6, 6.07) is 0. The van der Waals surface area contributed by atoms with E-state index in [2.05, 4.69) is 11.5 Å². The van der Waals surface area contributed by atoms with Crippen molar-refractivity contribution in [3.63, 3.8) is 0 Å². The Bertz CT molecular complexity index is 125. The molecular formula is C9H17NO. The molecule has 1 rings (SSSR count). The number of hydrogen-bond acceptors (Lipinski definition) is 2. The van der Waals surface area contributed by atoms with Gasteiger partial charge in [-0.1, -0.05) is 6.08 Å². The lowest BCUT2D eigenvalue weighted by Gasteiger charge is -2.30. The van der Waals surface area contributed by atoms with Crippen molar-refractivity contribution in [3.05, 3.63) is 12.7 Å². The predicted molar refractivity (Wildman–Crippen MR) is 46.7 cm³/mol. The number of likely N-dealkylation sites (tertiary alicyclic amines) is 1. The number of ether oxygens (including phenoxy) is 1. The van der Waals surface area contributed by atoms with Gasteiger partial charge in [0.25, 0.3) is 0 Å². The Balaban J connectivity index is 2.27. The van der Waals surface area contributed by atoms with E-state index in [1.54, 1.807) is 7.11 Å². The highest BCUT2D eigenvalue weighted by molar-refractivity contribution is 4.79. The van der Waals surface area contributed by atoms with Crippen LogP contribution in [0.15, 0.2) is 12.7 Å². The van der Waals surface area contributed by atoms with Crippen molar-refractivity contribution in [1.29, 1.82) is 0 Å². The Kier molecular flexibility index (Phi) is 3.60. The van der Waals surface area contributed by atoms with E-state index in [4.69, 9.17) is 4.74 Å². The molecule has 0 aliphatic carbocycles. The molecule has 0 spiro atoms. The lowest BCUT2D eigenvalue weighted by atomic mass is 10.1. The van der Waals surface area contributed by atoms with Gasteiger partial charge in [0.2, 0.25) is 0 Å². The summed E-state index contributed by atoms with van der Waals surface area (Å²) in [5, 5.41) is 0. The van der Waals surface area contributed by atoms with Crippen molar-refractivity contribution < 1.29 is 4.74 Å². The van der Waals surface area contributed by atoms with Crippen LogP contribution in [0, 0.1) is 0 Å². The minimum Gasteiger partial charge on any atom is -0.380 e. The third-order valence-corrected chi connectivity index (χ3v) is 2.18. The highest BCUT2D eigenvalue weighted by atomic mass is 16.5. The lowest BCUT2D eigenvalue weighted by molar-refractivity contribution is 0.0357. The van der Waals surface area contributed by atoms with Gasteiger partial charge in [-0.25, -0.2) is 0 Å². The monoisotopic (exact) mass is 155 g/mol. The summed E-state index contributed by atoms with van der Waals surface area (Å²) in [4.78, 5) is 2.38. The molecule has 2 heteroatoms. The van der Waals surface area contributed by atoms with Crippen molar-refractivity contribution in [2.75, 3.05) is 26.7 Å². The summed E-state index contributed by atoms with van der Waals surface area (Å²) in [7, 11) is 1.79. The van der Waals surface area contributed by atoms with Crippen molar-refractivity contribution in [1.82, 2.24) is 4.90 Å². The third-order valence-electron chi connectivity index (χ3n) is 2.18. The molecule has 0 radical (unpaired) electrons. The number of piperidine rings is 1. The topological polar surface area (TPSA) is 12.5 Å². The Morgan fingerprint density at radius 1 is 1.73 bits per heavy atom. The maximum atomic E-state index is 5.29. The van der Waals surface area contributed by atoms with Crippen molar-refractivity contribution in [2.24, 2.45) is 0 Å². The van der Waals surface area contributed by atoms with E-state index in [1.807, 2.05) is 6.08 Å². The molecule has 1 saturated heterocycles. The smallest absolute Gasteiger partial charge is 0.0698 e. The maximum absolute atomic E-state index is 5.29. The van der Waals surface area contributed by atoms with E-state index in [-0.39, 0.29) is 0 Å². The first-order valence-electron chi connectivity index (χ1n) is 4.23. The zero-order valence-electron chi connectivity index (χ0n) is 7.25. The molecule has 11 heavy (non-hydrogen) atoms. The third kappa shape index (κ3) is 2.64. The van der Waals surface area contributed by atoms with Gasteiger partial charge in [-0.3, -0.25) is 4.90 Å². The normalized spacial score (nSPS) is 26.8. The van der Waals surface area contributed by atoms with Crippen LogP contribution in [0.2, 0.25) is 0 Å². The van der Waals surface area contributed by atoms with Gasteiger partial charge in [0.15, 0.2) is 0 Å². The molecule has 0 amide bonds. The molecule has 0 saturated carbocycles. The molecule has 0 aromatic carbocycles. The predicted octanol–water partition coefficient (Wildman–Crippen LogP) is 1.28. The molecule has 1 fully saturated rings. The van der Waals surface area contributed by atoms with Crippen LogP contribution in [0.3, 0.4) is 0 Å². The van der Waals surface area contributed by atoms with Gasteiger partial charge in [0.05, 0.1) is 6.10 Å². The second-order valence-electron chi connectivity index (χ2n) is 3.05. The van der Waals surface area contributed by atoms with Crippen LogP contribution in [-0.4, -0.2) is 37.7 Å². The standard InChI is InChI=1S/C9H17NO/c1-3-6-10-7-4-5-9(8-10)11-2/h3,9H,1,4-8H2,2H3. The summed E-state index contributed by atoms with van der Waals surface area (Å²) in [6.07, 6.45) is 4.87. The summed E-state index contributed by atoms with van der Waals surface area (Å²) in [5.41, 5.74) is 0. The molecule has 1 unspecified atom stereocenters. The van der Waals surface area contributed by atoms with E-state index in [9.17, 15) is 0 Å². The lowest BCUT2D eigenvalue weighted by Crippen LogP contribution is -2.39. The van der Waals surface area contributed by atoms with Gasteiger partial charge >= 0.3 is 0 Å². The summed E-state index contributed by atoms with van der Waals surface area (Å²) >= 11 is 0. The molecule has 0 aromatic heterocycles. The summed E-state index contributed by atoms with van der Waals surface area (Å²) in [6.45, 7) is 7.00. The van der Waals surface area contributed by atoms with E-state index in [0.29, 0.717) is 6.10 Å². The van der Waals surface area contributed by atoms with Gasteiger partial charge in [-0.05, 0) is 19.4 Å². The van der Waals surface area contributed by atoms with Gasteiger partial charge in [-0.2, -0.15) is 0 Å². The number of rotatable bonds is 3. The molecule has 1 atom stereocenters. The molecule has 0 aromatic rings. The quantitative estimate of drug-likeness (QED) is 0.569. The zero-order chi connectivity index (χ0) is 8.10. The fourth-order valence-corrected chi connectivity index (χ4v) is 1.55. The fourth-order valence-electron chi connectivity index (χ4n) is 1.55. The Labute approximate surface area is 68.8 Å². The average molecular weight is 155 g/mol. The zero-order valence-corrected chi connectivity index (χ0v) is 7.25. The highest BCUT2D eigenvalue weighted by Crippen LogP contribution is 2.11. The maximum Gasteiger partial charge on any atom is 0.0698 e. The summed E-state index contributed by atoms with van der Waals surface area (Å²) < 4.78 is 5.29. The number of nitrogens with zero attached hydrogens (tertiary/aromatic N) is 1. The number of methoxy groups -OCH3 is 1. The van der Waals surface area contributed by atoms with Crippen LogP contribution in [0.5, 0.6) is 0 Å². The van der Waals surface area contributed by atoms with Gasteiger partial charge in [0, 0.05) is 20.2 Å². The largest absolute Gasteiger partial charge is 0.380 e. The molecular weight excluding hydrogens is 138 g/mol. The first kappa shape index (κ1) is 8.75. The molecule has 64 valence electrons. The van der Waals surface area contributed by atoms with Crippen LogP contribution in [0.4, 0.5) is 0 Å². The average Bonchev–Trinajstić information content (AvgIpc) is 2.06. The Hall–Kier alpha value is -0.340. The first-order valence-corrected chi connectivity index (χ1v) is 4.23. The molecule has 0 bridgehead atoms. The minimum absolute atomic E-state index is 0.448. The SMILES string of the molecule is C=CCN1CCCC(OC)C1. The van der Waals surface area contributed by atoms with Crippen LogP contribution in [0.25, 0.3) is 0 Å². The first-order chi connectivity index (χ1) is 5.36. The molecule has 1 aliphatic rings. The van der Waals surface area contributed by atoms with Crippen molar-refractivity contribution >= 4 is 0 Å². The Morgan fingerprint density at radius 2 is 2.55 bits per heavy atom. The second-order valence-corrected chi connectivity index (χ2v) is 3.05. The van der Waals surface area contributed by atoms with Crippen LogP contribution < -0.4 is 0 Å². The second kappa shape index (κ2) is 4.52.